The molecule has 13 heavy (non-hydrogen) atoms. The van der Waals surface area contributed by atoms with Gasteiger partial charge in [-0.25, -0.2) is 0 Å². The minimum atomic E-state index is -0.631. The summed E-state index contributed by atoms with van der Waals surface area (Å²) in [5.41, 5.74) is 4.74. The van der Waals surface area contributed by atoms with Gasteiger partial charge in [0.05, 0.1) is 6.42 Å². The summed E-state index contributed by atoms with van der Waals surface area (Å²) in [6, 6.07) is 0. The Bertz CT molecular complexity index is 199. The van der Waals surface area contributed by atoms with Gasteiger partial charge in [-0.15, -0.1) is 0 Å². The quantitative estimate of drug-likeness (QED) is 0.641. The van der Waals surface area contributed by atoms with Gasteiger partial charge in [-0.3, -0.25) is 4.79 Å². The van der Waals surface area contributed by atoms with E-state index in [1.165, 1.54) is 6.92 Å². The van der Waals surface area contributed by atoms with E-state index in [0.717, 1.165) is 0 Å². The van der Waals surface area contributed by atoms with Crippen LogP contribution in [-0.4, -0.2) is 23.9 Å². The molecule has 0 heterocycles. The lowest BCUT2D eigenvalue weighted by Gasteiger charge is -2.22. The highest BCUT2D eigenvalue weighted by Gasteiger charge is 2.20. The molecule has 0 aromatic rings. The van der Waals surface area contributed by atoms with Crippen LogP contribution < -0.4 is 5.73 Å². The minimum absolute atomic E-state index is 0.0116. The predicted molar refractivity (Wildman–Crippen MR) is 49.1 cm³/mol. The van der Waals surface area contributed by atoms with Crippen molar-refractivity contribution in [3.05, 3.63) is 0 Å². The first-order valence-corrected chi connectivity index (χ1v) is 4.29. The Balaban J connectivity index is 3.81. The second-order valence-corrected chi connectivity index (χ2v) is 3.64. The van der Waals surface area contributed by atoms with Crippen LogP contribution in [0.2, 0.25) is 0 Å². The number of hydrogen-bond donors (Lipinski definition) is 1. The highest BCUT2D eigenvalue weighted by molar-refractivity contribution is 5.81. The fourth-order valence-electron chi connectivity index (χ4n) is 0.679. The molecule has 0 atom stereocenters. The van der Waals surface area contributed by atoms with Crippen molar-refractivity contribution in [3.63, 3.8) is 0 Å². The molecule has 0 aromatic carbocycles. The third-order valence-electron chi connectivity index (χ3n) is 1.56. The van der Waals surface area contributed by atoms with E-state index < -0.39 is 5.60 Å². The summed E-state index contributed by atoms with van der Waals surface area (Å²) in [6.45, 7) is 5.19. The van der Waals surface area contributed by atoms with E-state index in [2.05, 4.69) is 0 Å². The lowest BCUT2D eigenvalue weighted by atomic mass is 10.1. The number of carbonyl (C=O) groups is 2. The van der Waals surface area contributed by atoms with Crippen LogP contribution in [0, 0.1) is 0 Å². The van der Waals surface area contributed by atoms with Crippen LogP contribution in [0.1, 0.15) is 33.6 Å². The average Bonchev–Trinajstić information content (AvgIpc) is 2.00. The van der Waals surface area contributed by atoms with Crippen molar-refractivity contribution in [1.29, 1.82) is 0 Å². The summed E-state index contributed by atoms with van der Waals surface area (Å²) in [5, 5.41) is 0. The third-order valence-corrected chi connectivity index (χ3v) is 1.56. The first kappa shape index (κ1) is 12.1. The molecule has 0 aliphatic carbocycles. The molecule has 4 nitrogen and oxygen atoms in total. The number of hydrogen-bond acceptors (Lipinski definition) is 4. The molecule has 0 saturated heterocycles. The maximum absolute atomic E-state index is 11.1. The van der Waals surface area contributed by atoms with Crippen molar-refractivity contribution in [2.24, 2.45) is 5.73 Å². The molecule has 0 radical (unpaired) electrons. The van der Waals surface area contributed by atoms with Crippen molar-refractivity contribution >= 4 is 11.8 Å². The maximum Gasteiger partial charge on any atom is 0.306 e. The van der Waals surface area contributed by atoms with Crippen LogP contribution in [0.3, 0.4) is 0 Å². The van der Waals surface area contributed by atoms with Crippen molar-refractivity contribution < 1.29 is 14.3 Å². The van der Waals surface area contributed by atoms with Gasteiger partial charge >= 0.3 is 5.97 Å². The van der Waals surface area contributed by atoms with E-state index in [0.29, 0.717) is 0 Å². The Morgan fingerprint density at radius 1 is 1.31 bits per heavy atom. The number of esters is 1. The second kappa shape index (κ2) is 4.97. The van der Waals surface area contributed by atoms with E-state index >= 15 is 0 Å². The fourth-order valence-corrected chi connectivity index (χ4v) is 0.679. The van der Waals surface area contributed by atoms with Gasteiger partial charge in [0.25, 0.3) is 0 Å². The zero-order valence-electron chi connectivity index (χ0n) is 8.42. The van der Waals surface area contributed by atoms with E-state index in [1.807, 2.05) is 0 Å². The highest BCUT2D eigenvalue weighted by atomic mass is 16.6. The van der Waals surface area contributed by atoms with E-state index in [1.54, 1.807) is 13.8 Å². The molecule has 0 spiro atoms. The van der Waals surface area contributed by atoms with Gasteiger partial charge in [-0.1, -0.05) is 0 Å². The first-order valence-electron chi connectivity index (χ1n) is 4.29. The van der Waals surface area contributed by atoms with Gasteiger partial charge in [-0.2, -0.15) is 0 Å². The molecule has 4 heteroatoms. The Morgan fingerprint density at radius 2 is 1.85 bits per heavy atom. The lowest BCUT2D eigenvalue weighted by molar-refractivity contribution is -0.156. The van der Waals surface area contributed by atoms with Crippen molar-refractivity contribution in [2.45, 2.75) is 39.2 Å². The molecule has 0 saturated carbocycles. The number of nitrogens with two attached hydrogens (primary N) is 1. The number of ketones is 1. The monoisotopic (exact) mass is 187 g/mol. The molecule has 0 amide bonds. The van der Waals surface area contributed by atoms with Gasteiger partial charge in [0.1, 0.15) is 11.4 Å². The van der Waals surface area contributed by atoms with Gasteiger partial charge in [-0.05, 0) is 20.8 Å². The molecular formula is C9H17NO3. The van der Waals surface area contributed by atoms with Gasteiger partial charge < -0.3 is 15.3 Å². The Hall–Kier alpha value is -0.900. The molecular weight excluding hydrogens is 170 g/mol. The topological polar surface area (TPSA) is 69.4 Å². The Labute approximate surface area is 78.4 Å². The van der Waals surface area contributed by atoms with Crippen LogP contribution >= 0.6 is 0 Å². The summed E-state index contributed by atoms with van der Waals surface area (Å²) in [7, 11) is 0. The molecule has 0 rings (SSSR count). The van der Waals surface area contributed by atoms with Crippen LogP contribution in [-0.2, 0) is 14.3 Å². The molecule has 2 N–H and O–H groups in total. The summed E-state index contributed by atoms with van der Waals surface area (Å²) < 4.78 is 5.02. The molecule has 0 aliphatic rings. The first-order chi connectivity index (χ1) is 5.87. The second-order valence-electron chi connectivity index (χ2n) is 3.64. The third kappa shape index (κ3) is 6.28. The molecule has 0 aliphatic heterocycles. The van der Waals surface area contributed by atoms with Gasteiger partial charge in [0, 0.05) is 13.0 Å². The van der Waals surface area contributed by atoms with Crippen LogP contribution in [0.5, 0.6) is 0 Å². The van der Waals surface area contributed by atoms with Crippen molar-refractivity contribution in [1.82, 2.24) is 0 Å². The number of Topliss-reactive ketones (excluding diaryl/α,β-unsaturated/α-hetero) is 1. The molecule has 0 aromatic heterocycles. The minimum Gasteiger partial charge on any atom is -0.458 e. The Morgan fingerprint density at radius 3 is 2.23 bits per heavy atom. The standard InChI is InChI=1S/C9H17NO3/c1-7(11)4-5-8(12)13-9(2,3)6-10/h4-6,10H2,1-3H3. The van der Waals surface area contributed by atoms with Gasteiger partial charge in [0.2, 0.25) is 0 Å². The summed E-state index contributed by atoms with van der Waals surface area (Å²) in [4.78, 5) is 21.6. The lowest BCUT2D eigenvalue weighted by Crippen LogP contribution is -2.36. The van der Waals surface area contributed by atoms with Crippen molar-refractivity contribution in [2.75, 3.05) is 6.54 Å². The molecule has 76 valence electrons. The fraction of sp³-hybridized carbons (Fsp3) is 0.778. The number of ether oxygens (including phenoxy) is 1. The summed E-state index contributed by atoms with van der Waals surface area (Å²) in [6.07, 6.45) is 0.373. The SMILES string of the molecule is CC(=O)CCC(=O)OC(C)(C)CN. The van der Waals surface area contributed by atoms with Crippen molar-refractivity contribution in [3.8, 4) is 0 Å². The largest absolute Gasteiger partial charge is 0.458 e. The Kier molecular flexibility index (Phi) is 4.62. The average molecular weight is 187 g/mol. The zero-order valence-corrected chi connectivity index (χ0v) is 8.42. The van der Waals surface area contributed by atoms with Gasteiger partial charge in [0.15, 0.2) is 0 Å². The maximum atomic E-state index is 11.1. The summed E-state index contributed by atoms with van der Waals surface area (Å²) in [5.74, 6) is -0.381. The number of carbonyl (C=O) groups excluding carboxylic acids is 2. The van der Waals surface area contributed by atoms with Crippen LogP contribution in [0.4, 0.5) is 0 Å². The predicted octanol–water partition coefficient (Wildman–Crippen LogP) is 0.636. The molecule has 0 fully saturated rings. The molecule has 0 bridgehead atoms. The molecule has 0 unspecified atom stereocenters. The number of rotatable bonds is 5. The van der Waals surface area contributed by atoms with E-state index in [4.69, 9.17) is 10.5 Å². The van der Waals surface area contributed by atoms with Crippen LogP contribution in [0.25, 0.3) is 0 Å². The normalized spacial score (nSPS) is 11.1. The van der Waals surface area contributed by atoms with E-state index in [-0.39, 0.29) is 31.1 Å². The summed E-state index contributed by atoms with van der Waals surface area (Å²) >= 11 is 0. The van der Waals surface area contributed by atoms with Crippen LogP contribution in [0.15, 0.2) is 0 Å². The smallest absolute Gasteiger partial charge is 0.306 e. The van der Waals surface area contributed by atoms with E-state index in [9.17, 15) is 9.59 Å². The highest BCUT2D eigenvalue weighted by Crippen LogP contribution is 2.08. The zero-order chi connectivity index (χ0) is 10.5.